The number of allylic oxidation sites excluding steroid dienone is 5. The monoisotopic (exact) mass is 876 g/mol. The molecule has 0 aromatic heterocycles. The van der Waals surface area contributed by atoms with Crippen molar-refractivity contribution < 1.29 is 45.8 Å². The number of rotatable bonds is 9. The quantitative estimate of drug-likeness (QED) is 0.123. The summed E-state index contributed by atoms with van der Waals surface area (Å²) in [5.41, 5.74) is 0. The van der Waals surface area contributed by atoms with Crippen LogP contribution < -0.4 is 0 Å². The third kappa shape index (κ3) is 177. The molecule has 0 saturated carbocycles. The van der Waals surface area contributed by atoms with Gasteiger partial charge in [0, 0.05) is 45.8 Å². The van der Waals surface area contributed by atoms with Crippen molar-refractivity contribution in [2.24, 2.45) is 0 Å². The van der Waals surface area contributed by atoms with Gasteiger partial charge in [0.25, 0.3) is 0 Å². The first-order chi connectivity index (χ1) is 22.5. The van der Waals surface area contributed by atoms with Crippen LogP contribution >= 0.6 is 0 Å². The van der Waals surface area contributed by atoms with Crippen LogP contribution in [0.4, 0.5) is 0 Å². The summed E-state index contributed by atoms with van der Waals surface area (Å²) < 4.78 is 0. The Kier molecular flexibility index (Phi) is 168. The first-order valence-electron chi connectivity index (χ1n) is 14.0. The van der Waals surface area contributed by atoms with Gasteiger partial charge in [-0.25, -0.2) is 0 Å². The van der Waals surface area contributed by atoms with Gasteiger partial charge in [-0.15, -0.1) is 71.1 Å². The first-order valence-corrected chi connectivity index (χ1v) is 14.0. The predicted molar refractivity (Wildman–Crippen MR) is 266 cm³/mol. The van der Waals surface area contributed by atoms with Gasteiger partial charge in [-0.1, -0.05) is 112 Å². The molecule has 0 fully saturated rings. The van der Waals surface area contributed by atoms with Crippen molar-refractivity contribution in [3.63, 3.8) is 0 Å². The molecule has 50 heavy (non-hydrogen) atoms. The van der Waals surface area contributed by atoms with Crippen molar-refractivity contribution in [3.8, 4) is 158 Å². The molecule has 0 aliphatic rings. The van der Waals surface area contributed by atoms with Gasteiger partial charge in [-0.2, -0.15) is 0 Å². The van der Waals surface area contributed by atoms with Gasteiger partial charge in [-0.3, -0.25) is 0 Å². The Hall–Kier alpha value is -6.11. The molecule has 0 N–H and O–H groups in total. The summed E-state index contributed by atoms with van der Waals surface area (Å²) in [4.78, 5) is 0. The fraction of sp³-hybridized carbons (Fsp3) is 0.306. The van der Waals surface area contributed by atoms with Gasteiger partial charge in [0.15, 0.2) is 0 Å². The summed E-state index contributed by atoms with van der Waals surface area (Å²) in [6, 6.07) is 0. The first kappa shape index (κ1) is 74.6. The molecule has 0 nitrogen and oxygen atoms in total. The molecule has 0 aromatic rings. The van der Waals surface area contributed by atoms with Gasteiger partial charge in [0.1, 0.15) is 0 Å². The molecular formula is C49H94Ir. The molecule has 0 rings (SSSR count). The summed E-state index contributed by atoms with van der Waals surface area (Å²) in [6.45, 7) is 17.3. The molecule has 0 atom stereocenters. The molecule has 0 heterocycles. The smallest absolute Gasteiger partial charge is 0 e. The van der Waals surface area contributed by atoms with Gasteiger partial charge >= 0.3 is 0 Å². The number of unbranched alkanes of at least 4 members (excludes halogenated alkanes) is 6. The van der Waals surface area contributed by atoms with E-state index in [4.69, 9.17) is 38.5 Å². The molecule has 1 radical (unpaired) electrons. The van der Waals surface area contributed by atoms with E-state index in [1.807, 2.05) is 18.2 Å². The van der Waals surface area contributed by atoms with Crippen molar-refractivity contribution in [3.05, 3.63) is 50.1 Å². The van der Waals surface area contributed by atoms with Crippen LogP contribution in [0, 0.1) is 158 Å². The fourth-order valence-corrected chi connectivity index (χ4v) is 1.56. The molecule has 299 valence electrons. The fourth-order valence-electron chi connectivity index (χ4n) is 1.56. The SMILES string of the molecule is C.C.C.C#C.C#CC#C/C=C/C#CC#C.C#CC#CC#C.C#CC#CC#CC#CC#C.C=CCCCC.C=CCCCC.C=CCCCC.[HH].[HH].[HH].[HH].[HH].[HH].[HH].[HH].[HH].[HH].[HH].[HH].[HH].[HH].[HH].[HH].[HH].[HH].[Ir]. The minimum absolute atomic E-state index is 0. The minimum Gasteiger partial charge on any atom is -0.124 e. The summed E-state index contributed by atoms with van der Waals surface area (Å²) in [5.74, 6) is 41.2. The van der Waals surface area contributed by atoms with Crippen molar-refractivity contribution in [2.45, 2.75) is 101 Å². The van der Waals surface area contributed by atoms with Crippen LogP contribution in [0.25, 0.3) is 0 Å². The molecule has 1 heteroatoms. The third-order valence-electron chi connectivity index (χ3n) is 3.49. The summed E-state index contributed by atoms with van der Waals surface area (Å²) >= 11 is 0. The maximum absolute atomic E-state index is 4.84. The van der Waals surface area contributed by atoms with E-state index in [1.54, 1.807) is 12.2 Å². The number of terminal acetylenes is 7. The molecule has 0 spiro atoms. The van der Waals surface area contributed by atoms with Gasteiger partial charge in [0.05, 0.1) is 0 Å². The van der Waals surface area contributed by atoms with E-state index < -0.39 is 0 Å². The Morgan fingerprint density at radius 3 is 0.780 bits per heavy atom. The van der Waals surface area contributed by atoms with E-state index in [1.165, 1.54) is 57.8 Å². The van der Waals surface area contributed by atoms with Crippen LogP contribution in [0.5, 0.6) is 0 Å². The van der Waals surface area contributed by atoms with Crippen LogP contribution in [0.3, 0.4) is 0 Å². The van der Waals surface area contributed by atoms with Crippen LogP contribution in [0.2, 0.25) is 0 Å². The van der Waals surface area contributed by atoms with Crippen molar-refractivity contribution in [2.75, 3.05) is 0 Å². The molecule has 0 aliphatic heterocycles. The van der Waals surface area contributed by atoms with Crippen molar-refractivity contribution in [1.29, 1.82) is 0 Å². The third-order valence-corrected chi connectivity index (χ3v) is 3.49. The molecular weight excluding hydrogens is 781 g/mol. The van der Waals surface area contributed by atoms with Crippen molar-refractivity contribution in [1.82, 2.24) is 0 Å². The second-order valence-electron chi connectivity index (χ2n) is 7.03. The molecule has 0 amide bonds. The number of hydrogen-bond donors (Lipinski definition) is 0. The molecule has 0 unspecified atom stereocenters. The van der Waals surface area contributed by atoms with E-state index >= 15 is 0 Å². The maximum Gasteiger partial charge on any atom is 0 e. The molecule has 0 saturated heterocycles. The van der Waals surface area contributed by atoms with Gasteiger partial charge < -0.3 is 0 Å². The normalized spacial score (nSPS) is 5.18. The van der Waals surface area contributed by atoms with E-state index in [2.05, 4.69) is 160 Å². The Bertz CT molecular complexity index is 1380. The Morgan fingerprint density at radius 1 is 0.420 bits per heavy atom. The molecule has 0 bridgehead atoms. The topological polar surface area (TPSA) is 0 Å². The zero-order valence-corrected chi connectivity index (χ0v) is 30.7. The van der Waals surface area contributed by atoms with Gasteiger partial charge in [-0.05, 0) is 126 Å². The summed E-state index contributed by atoms with van der Waals surface area (Å²) in [5, 5.41) is 0. The van der Waals surface area contributed by atoms with E-state index in [9.17, 15) is 0 Å². The van der Waals surface area contributed by atoms with E-state index in [-0.39, 0.29) is 68.1 Å². The van der Waals surface area contributed by atoms with Crippen LogP contribution in [-0.2, 0) is 20.1 Å². The largest absolute Gasteiger partial charge is 0.124 e. The average molecular weight is 876 g/mol. The second kappa shape index (κ2) is 112. The Labute approximate surface area is 354 Å². The van der Waals surface area contributed by atoms with E-state index in [0.717, 1.165) is 0 Å². The zero-order valence-electron chi connectivity index (χ0n) is 28.3. The van der Waals surface area contributed by atoms with Crippen LogP contribution in [-0.4, -0.2) is 0 Å². The second-order valence-corrected chi connectivity index (χ2v) is 7.03. The van der Waals surface area contributed by atoms with Crippen LogP contribution in [0.1, 0.15) is 127 Å². The summed E-state index contributed by atoms with van der Waals surface area (Å²) in [6.07, 6.45) is 56.9. The molecule has 0 aliphatic carbocycles. The molecule has 0 aromatic carbocycles. The average Bonchev–Trinajstić information content (AvgIpc) is 3.10. The van der Waals surface area contributed by atoms with E-state index in [0.29, 0.717) is 0 Å². The van der Waals surface area contributed by atoms with Gasteiger partial charge in [0.2, 0.25) is 0 Å². The number of hydrogen-bond acceptors (Lipinski definition) is 0. The maximum atomic E-state index is 4.84. The van der Waals surface area contributed by atoms with Crippen LogP contribution in [0.15, 0.2) is 50.1 Å². The van der Waals surface area contributed by atoms with Crippen molar-refractivity contribution >= 4 is 0 Å². The standard InChI is InChI=1S/C10H4.C10H2.3C6H12.C6H2.C2H2.3CH4.Ir.18H2/c2*1-3-5-7-9-10-8-6-4-2;4*1-3-5-6-4-2;1-2;;;;;;;;;;;;;;;;;;;;;;/h1-2,9-10H;1-2H;3*3H,1,4-6H2,2H3;1-2H;1-2H;3*1H4;;18*1H/b10-9+;;;;;;;;;;;;;;;;;;;;;;;;;;;;. The minimum atomic E-state index is 0. The predicted octanol–water partition coefficient (Wildman–Crippen LogP) is 15.0. The Morgan fingerprint density at radius 2 is 0.620 bits per heavy atom. The summed E-state index contributed by atoms with van der Waals surface area (Å²) in [7, 11) is 0. The Balaban J connectivity index is -0.00000000936. The zero-order chi connectivity index (χ0) is 36.6.